The molecule has 0 aliphatic heterocycles. The molecule has 2 N–H and O–H groups in total. The zero-order valence-electron chi connectivity index (χ0n) is 12.9. The fourth-order valence-electron chi connectivity index (χ4n) is 1.93. The second-order valence-electron chi connectivity index (χ2n) is 4.85. The SMILES string of the molecule is COCCCNc1nncc(NCCc2ccc(Cl)cc2Cl)n1. The first-order chi connectivity index (χ1) is 11.2. The molecule has 1 aromatic heterocycles. The Morgan fingerprint density at radius 1 is 1.17 bits per heavy atom. The highest BCUT2D eigenvalue weighted by Gasteiger charge is 2.03. The molecule has 0 aliphatic carbocycles. The van der Waals surface area contributed by atoms with Crippen LogP contribution in [0.5, 0.6) is 0 Å². The molecule has 0 aliphatic rings. The normalized spacial score (nSPS) is 10.6. The van der Waals surface area contributed by atoms with E-state index in [9.17, 15) is 0 Å². The molecule has 8 heteroatoms. The maximum atomic E-state index is 6.15. The van der Waals surface area contributed by atoms with Crippen LogP contribution in [0.2, 0.25) is 10.0 Å². The van der Waals surface area contributed by atoms with E-state index in [0.717, 1.165) is 24.9 Å². The number of nitrogens with zero attached hydrogens (tertiary/aromatic N) is 3. The molecule has 0 unspecified atom stereocenters. The summed E-state index contributed by atoms with van der Waals surface area (Å²) < 4.78 is 4.99. The first-order valence-corrected chi connectivity index (χ1v) is 8.05. The molecule has 124 valence electrons. The van der Waals surface area contributed by atoms with Crippen LogP contribution in [0.3, 0.4) is 0 Å². The summed E-state index contributed by atoms with van der Waals surface area (Å²) in [6.45, 7) is 2.11. The Kier molecular flexibility index (Phi) is 7.32. The van der Waals surface area contributed by atoms with Gasteiger partial charge in [0.15, 0.2) is 5.82 Å². The number of nitrogens with one attached hydrogen (secondary N) is 2. The first kappa shape index (κ1) is 17.7. The minimum atomic E-state index is 0.496. The maximum Gasteiger partial charge on any atom is 0.244 e. The van der Waals surface area contributed by atoms with Gasteiger partial charge in [0.05, 0.1) is 6.20 Å². The summed E-state index contributed by atoms with van der Waals surface area (Å²) in [5, 5.41) is 15.5. The Morgan fingerprint density at radius 3 is 2.83 bits per heavy atom. The van der Waals surface area contributed by atoms with Gasteiger partial charge >= 0.3 is 0 Å². The average molecular weight is 356 g/mol. The van der Waals surface area contributed by atoms with E-state index in [-0.39, 0.29) is 0 Å². The van der Waals surface area contributed by atoms with Gasteiger partial charge < -0.3 is 15.4 Å². The molecule has 2 rings (SSSR count). The fraction of sp³-hybridized carbons (Fsp3) is 0.400. The number of rotatable bonds is 9. The smallest absolute Gasteiger partial charge is 0.244 e. The minimum absolute atomic E-state index is 0.496. The standard InChI is InChI=1S/C15H19Cl2N5O/c1-23-8-2-6-19-15-21-14(10-20-22-15)18-7-5-11-3-4-12(16)9-13(11)17/h3-4,9-10H,2,5-8H2,1H3,(H2,18,19,21,22). The Hall–Kier alpha value is -1.63. The van der Waals surface area contributed by atoms with Crippen molar-refractivity contribution in [2.45, 2.75) is 12.8 Å². The molecule has 0 atom stereocenters. The van der Waals surface area contributed by atoms with Gasteiger partial charge in [0.25, 0.3) is 0 Å². The second-order valence-corrected chi connectivity index (χ2v) is 5.69. The summed E-state index contributed by atoms with van der Waals surface area (Å²) in [4.78, 5) is 4.35. The van der Waals surface area contributed by atoms with E-state index in [1.807, 2.05) is 12.1 Å². The van der Waals surface area contributed by atoms with Crippen LogP contribution in [0.4, 0.5) is 11.8 Å². The zero-order valence-corrected chi connectivity index (χ0v) is 14.4. The first-order valence-electron chi connectivity index (χ1n) is 7.29. The van der Waals surface area contributed by atoms with Gasteiger partial charge in [0.1, 0.15) is 0 Å². The number of benzene rings is 1. The Balaban J connectivity index is 1.81. The molecule has 0 fully saturated rings. The molecular weight excluding hydrogens is 337 g/mol. The van der Waals surface area contributed by atoms with E-state index in [0.29, 0.717) is 35.0 Å². The predicted octanol–water partition coefficient (Wildman–Crippen LogP) is 3.28. The largest absolute Gasteiger partial charge is 0.385 e. The molecule has 0 amide bonds. The van der Waals surface area contributed by atoms with Crippen LogP contribution in [0.15, 0.2) is 24.4 Å². The van der Waals surface area contributed by atoms with E-state index in [4.69, 9.17) is 27.9 Å². The molecule has 6 nitrogen and oxygen atoms in total. The molecule has 1 heterocycles. The number of hydrogen-bond donors (Lipinski definition) is 2. The minimum Gasteiger partial charge on any atom is -0.385 e. The van der Waals surface area contributed by atoms with Crippen molar-refractivity contribution < 1.29 is 4.74 Å². The second kappa shape index (κ2) is 9.50. The molecule has 2 aromatic rings. The van der Waals surface area contributed by atoms with Crippen LogP contribution in [-0.4, -0.2) is 42.0 Å². The highest BCUT2D eigenvalue weighted by Crippen LogP contribution is 2.21. The van der Waals surface area contributed by atoms with Crippen molar-refractivity contribution in [1.29, 1.82) is 0 Å². The third-order valence-electron chi connectivity index (χ3n) is 3.08. The highest BCUT2D eigenvalue weighted by molar-refractivity contribution is 6.35. The van der Waals surface area contributed by atoms with Crippen LogP contribution in [0, 0.1) is 0 Å². The maximum absolute atomic E-state index is 6.15. The zero-order chi connectivity index (χ0) is 16.5. The van der Waals surface area contributed by atoms with Crippen molar-refractivity contribution in [3.63, 3.8) is 0 Å². The van der Waals surface area contributed by atoms with E-state index in [1.54, 1.807) is 19.4 Å². The lowest BCUT2D eigenvalue weighted by Gasteiger charge is -2.08. The summed E-state index contributed by atoms with van der Waals surface area (Å²) in [5.74, 6) is 1.16. The van der Waals surface area contributed by atoms with Gasteiger partial charge in [-0.3, -0.25) is 0 Å². The lowest BCUT2D eigenvalue weighted by atomic mass is 10.1. The van der Waals surface area contributed by atoms with Gasteiger partial charge in [-0.25, -0.2) is 0 Å². The molecule has 1 aromatic carbocycles. The van der Waals surface area contributed by atoms with E-state index >= 15 is 0 Å². The van der Waals surface area contributed by atoms with Crippen molar-refractivity contribution in [2.75, 3.05) is 37.4 Å². The van der Waals surface area contributed by atoms with Crippen LogP contribution >= 0.6 is 23.2 Å². The van der Waals surface area contributed by atoms with Gasteiger partial charge in [-0.15, -0.1) is 5.10 Å². The number of aromatic nitrogens is 3. The summed E-state index contributed by atoms with van der Waals surface area (Å²) in [5.41, 5.74) is 1.03. The van der Waals surface area contributed by atoms with Crippen molar-refractivity contribution in [1.82, 2.24) is 15.2 Å². The third kappa shape index (κ3) is 6.17. The van der Waals surface area contributed by atoms with Crippen molar-refractivity contribution in [3.8, 4) is 0 Å². The molecule has 0 radical (unpaired) electrons. The Bertz CT molecular complexity index is 627. The molecule has 0 saturated carbocycles. The summed E-state index contributed by atoms with van der Waals surface area (Å²) in [6.07, 6.45) is 3.23. The van der Waals surface area contributed by atoms with Gasteiger partial charge in [-0.05, 0) is 30.5 Å². The Morgan fingerprint density at radius 2 is 2.04 bits per heavy atom. The van der Waals surface area contributed by atoms with Crippen LogP contribution < -0.4 is 10.6 Å². The number of ether oxygens (including phenoxy) is 1. The summed E-state index contributed by atoms with van der Waals surface area (Å²) in [6, 6.07) is 5.50. The van der Waals surface area contributed by atoms with Crippen molar-refractivity contribution in [2.24, 2.45) is 0 Å². The highest BCUT2D eigenvalue weighted by atomic mass is 35.5. The van der Waals surface area contributed by atoms with Gasteiger partial charge in [-0.1, -0.05) is 29.3 Å². The number of methoxy groups -OCH3 is 1. The van der Waals surface area contributed by atoms with Crippen LogP contribution in [-0.2, 0) is 11.2 Å². The molecule has 23 heavy (non-hydrogen) atoms. The predicted molar refractivity (Wildman–Crippen MR) is 93.5 cm³/mol. The van der Waals surface area contributed by atoms with Crippen LogP contribution in [0.25, 0.3) is 0 Å². The lowest BCUT2D eigenvalue weighted by molar-refractivity contribution is 0.197. The molecular formula is C15H19Cl2N5O. The lowest BCUT2D eigenvalue weighted by Crippen LogP contribution is -2.11. The van der Waals surface area contributed by atoms with Gasteiger partial charge in [0.2, 0.25) is 5.95 Å². The van der Waals surface area contributed by atoms with Gasteiger partial charge in [0, 0.05) is 36.9 Å². The van der Waals surface area contributed by atoms with Crippen LogP contribution in [0.1, 0.15) is 12.0 Å². The Labute approximate surface area is 145 Å². The monoisotopic (exact) mass is 355 g/mol. The molecule has 0 saturated heterocycles. The summed E-state index contributed by atoms with van der Waals surface area (Å²) >= 11 is 12.0. The molecule has 0 spiro atoms. The average Bonchev–Trinajstić information content (AvgIpc) is 2.54. The third-order valence-corrected chi connectivity index (χ3v) is 3.67. The number of hydrogen-bond acceptors (Lipinski definition) is 6. The number of halogens is 2. The summed E-state index contributed by atoms with van der Waals surface area (Å²) in [7, 11) is 1.68. The van der Waals surface area contributed by atoms with Crippen molar-refractivity contribution in [3.05, 3.63) is 40.0 Å². The topological polar surface area (TPSA) is 72.0 Å². The van der Waals surface area contributed by atoms with Gasteiger partial charge in [-0.2, -0.15) is 10.1 Å². The van der Waals surface area contributed by atoms with E-state index in [2.05, 4.69) is 25.8 Å². The van der Waals surface area contributed by atoms with E-state index < -0.39 is 0 Å². The van der Waals surface area contributed by atoms with Crippen molar-refractivity contribution >= 4 is 35.0 Å². The fourth-order valence-corrected chi connectivity index (χ4v) is 2.43. The quantitative estimate of drug-likeness (QED) is 0.672. The van der Waals surface area contributed by atoms with E-state index in [1.165, 1.54) is 0 Å². The molecule has 0 bridgehead atoms. The number of anilines is 2.